The summed E-state index contributed by atoms with van der Waals surface area (Å²) in [5.74, 6) is -0.664. The lowest BCUT2D eigenvalue weighted by atomic mass is 10.3. The average molecular weight is 243 g/mol. The van der Waals surface area contributed by atoms with E-state index in [1.807, 2.05) is 0 Å². The molecule has 16 heavy (non-hydrogen) atoms. The summed E-state index contributed by atoms with van der Waals surface area (Å²) >= 11 is 1.29. The summed E-state index contributed by atoms with van der Waals surface area (Å²) < 4.78 is 0. The van der Waals surface area contributed by atoms with Gasteiger partial charge >= 0.3 is 0 Å². The van der Waals surface area contributed by atoms with E-state index in [-0.39, 0.29) is 12.3 Å². The molecule has 7 heteroatoms. The van der Waals surface area contributed by atoms with Gasteiger partial charge in [-0.25, -0.2) is 5.48 Å². The van der Waals surface area contributed by atoms with Crippen LogP contribution in [0, 0.1) is 0 Å². The molecule has 1 aromatic heterocycles. The monoisotopic (exact) mass is 243 g/mol. The Balaban J connectivity index is 2.11. The van der Waals surface area contributed by atoms with Gasteiger partial charge in [-0.15, -0.1) is 0 Å². The van der Waals surface area contributed by atoms with Crippen LogP contribution in [0.25, 0.3) is 0 Å². The third-order valence-electron chi connectivity index (χ3n) is 2.49. The molecule has 0 aromatic carbocycles. The van der Waals surface area contributed by atoms with E-state index in [1.54, 1.807) is 0 Å². The summed E-state index contributed by atoms with van der Waals surface area (Å²) in [6.45, 7) is 1.89. The number of thiazole rings is 1. The maximum absolute atomic E-state index is 11.0. The van der Waals surface area contributed by atoms with Crippen LogP contribution >= 0.6 is 11.3 Å². The Labute approximate surface area is 96.5 Å². The van der Waals surface area contributed by atoms with Crippen LogP contribution < -0.4 is 10.4 Å². The Morgan fingerprint density at radius 2 is 2.19 bits per heavy atom. The van der Waals surface area contributed by atoms with E-state index in [9.17, 15) is 9.90 Å². The fraction of sp³-hybridized carbons (Fsp3) is 0.556. The average Bonchev–Trinajstić information content (AvgIpc) is 2.88. The fourth-order valence-electron chi connectivity index (χ4n) is 1.68. The van der Waals surface area contributed by atoms with Crippen molar-refractivity contribution in [3.05, 3.63) is 4.88 Å². The molecular formula is C9H13N3O3S. The first-order valence-corrected chi connectivity index (χ1v) is 5.89. The molecule has 0 atom stereocenters. The SMILES string of the molecule is O=C(Cc1sc(N2CCCC2)nc1O)NO. The lowest BCUT2D eigenvalue weighted by molar-refractivity contribution is -0.128. The zero-order valence-electron chi connectivity index (χ0n) is 8.64. The molecule has 0 saturated carbocycles. The minimum Gasteiger partial charge on any atom is -0.492 e. The Morgan fingerprint density at radius 1 is 1.50 bits per heavy atom. The van der Waals surface area contributed by atoms with Crippen molar-refractivity contribution in [2.24, 2.45) is 0 Å². The van der Waals surface area contributed by atoms with Gasteiger partial charge in [0.2, 0.25) is 11.8 Å². The minimum absolute atomic E-state index is 0.0478. The van der Waals surface area contributed by atoms with Crippen molar-refractivity contribution in [2.75, 3.05) is 18.0 Å². The van der Waals surface area contributed by atoms with Crippen molar-refractivity contribution in [2.45, 2.75) is 19.3 Å². The number of nitrogens with zero attached hydrogens (tertiary/aromatic N) is 2. The second-order valence-electron chi connectivity index (χ2n) is 3.65. The Bertz CT molecular complexity index is 387. The number of hydroxylamine groups is 1. The largest absolute Gasteiger partial charge is 0.492 e. The number of hydrogen-bond donors (Lipinski definition) is 3. The van der Waals surface area contributed by atoms with E-state index in [0.29, 0.717) is 4.88 Å². The van der Waals surface area contributed by atoms with Gasteiger partial charge < -0.3 is 10.0 Å². The quantitative estimate of drug-likeness (QED) is 0.531. The molecule has 3 N–H and O–H groups in total. The molecule has 1 saturated heterocycles. The van der Waals surface area contributed by atoms with Gasteiger partial charge in [-0.05, 0) is 12.8 Å². The van der Waals surface area contributed by atoms with Crippen LogP contribution in [0.4, 0.5) is 5.13 Å². The van der Waals surface area contributed by atoms with Crippen LogP contribution in [0.2, 0.25) is 0 Å². The van der Waals surface area contributed by atoms with Gasteiger partial charge in [-0.3, -0.25) is 10.0 Å². The molecule has 0 unspecified atom stereocenters. The van der Waals surface area contributed by atoms with Gasteiger partial charge in [0.25, 0.3) is 0 Å². The molecule has 0 bridgehead atoms. The van der Waals surface area contributed by atoms with Crippen molar-refractivity contribution < 1.29 is 15.1 Å². The molecule has 1 aliphatic heterocycles. The molecule has 0 aliphatic carbocycles. The first-order chi connectivity index (χ1) is 7.70. The van der Waals surface area contributed by atoms with E-state index in [1.165, 1.54) is 16.8 Å². The highest BCUT2D eigenvalue weighted by Gasteiger charge is 2.20. The molecule has 1 amide bonds. The van der Waals surface area contributed by atoms with E-state index in [2.05, 4.69) is 9.88 Å². The maximum atomic E-state index is 11.0. The van der Waals surface area contributed by atoms with E-state index < -0.39 is 5.91 Å². The Hall–Kier alpha value is -1.34. The minimum atomic E-state index is -0.549. The molecule has 0 spiro atoms. The number of amides is 1. The highest BCUT2D eigenvalue weighted by atomic mass is 32.1. The maximum Gasteiger partial charge on any atom is 0.248 e. The van der Waals surface area contributed by atoms with E-state index in [0.717, 1.165) is 31.1 Å². The number of carbonyl (C=O) groups is 1. The smallest absolute Gasteiger partial charge is 0.248 e. The summed E-state index contributed by atoms with van der Waals surface area (Å²) in [5.41, 5.74) is 1.53. The third kappa shape index (κ3) is 2.25. The molecule has 1 aliphatic rings. The highest BCUT2D eigenvalue weighted by molar-refractivity contribution is 7.16. The number of aromatic nitrogens is 1. The molecule has 1 fully saturated rings. The van der Waals surface area contributed by atoms with Crippen molar-refractivity contribution in [3.8, 4) is 5.88 Å². The lowest BCUT2D eigenvalue weighted by Gasteiger charge is -2.11. The standard InChI is InChI=1S/C9H13N3O3S/c13-7(11-15)5-6-8(14)10-9(16-6)12-3-1-2-4-12/h14-15H,1-5H2,(H,11,13). The molecule has 6 nitrogen and oxygen atoms in total. The van der Waals surface area contributed by atoms with Crippen LogP contribution in [0.15, 0.2) is 0 Å². The van der Waals surface area contributed by atoms with Crippen LogP contribution in [-0.4, -0.2) is 34.3 Å². The van der Waals surface area contributed by atoms with Crippen molar-refractivity contribution >= 4 is 22.4 Å². The van der Waals surface area contributed by atoms with Gasteiger partial charge in [-0.2, -0.15) is 4.98 Å². The summed E-state index contributed by atoms with van der Waals surface area (Å²) in [4.78, 5) is 17.5. The second kappa shape index (κ2) is 4.67. The van der Waals surface area contributed by atoms with Crippen LogP contribution in [0.5, 0.6) is 5.88 Å². The van der Waals surface area contributed by atoms with Gasteiger partial charge in [0.05, 0.1) is 11.3 Å². The number of hydrogen-bond acceptors (Lipinski definition) is 6. The molecule has 88 valence electrons. The fourth-order valence-corrected chi connectivity index (χ4v) is 2.68. The van der Waals surface area contributed by atoms with Crippen molar-refractivity contribution in [3.63, 3.8) is 0 Å². The van der Waals surface area contributed by atoms with Crippen LogP contribution in [0.1, 0.15) is 17.7 Å². The van der Waals surface area contributed by atoms with Crippen molar-refractivity contribution in [1.82, 2.24) is 10.5 Å². The molecule has 2 heterocycles. The van der Waals surface area contributed by atoms with E-state index >= 15 is 0 Å². The van der Waals surface area contributed by atoms with Crippen LogP contribution in [0.3, 0.4) is 0 Å². The predicted molar refractivity (Wildman–Crippen MR) is 58.9 cm³/mol. The number of aromatic hydroxyl groups is 1. The zero-order valence-corrected chi connectivity index (χ0v) is 9.46. The molecule has 1 aromatic rings. The molecule has 0 radical (unpaired) electrons. The normalized spacial score (nSPS) is 15.4. The zero-order chi connectivity index (χ0) is 11.5. The summed E-state index contributed by atoms with van der Waals surface area (Å²) in [7, 11) is 0. The third-order valence-corrected chi connectivity index (χ3v) is 3.59. The van der Waals surface area contributed by atoms with Gasteiger partial charge in [-0.1, -0.05) is 11.3 Å². The highest BCUT2D eigenvalue weighted by Crippen LogP contribution is 2.32. The first kappa shape index (κ1) is 11.2. The number of nitrogens with one attached hydrogen (secondary N) is 1. The van der Waals surface area contributed by atoms with Gasteiger partial charge in [0, 0.05) is 13.1 Å². The molecular weight excluding hydrogens is 230 g/mol. The summed E-state index contributed by atoms with van der Waals surface area (Å²) in [6, 6.07) is 0. The summed E-state index contributed by atoms with van der Waals surface area (Å²) in [5, 5.41) is 18.7. The Kier molecular flexibility index (Phi) is 3.25. The number of carbonyl (C=O) groups excluding carboxylic acids is 1. The molecule has 2 rings (SSSR count). The number of anilines is 1. The Morgan fingerprint density at radius 3 is 2.81 bits per heavy atom. The predicted octanol–water partition coefficient (Wildman–Crippen LogP) is 0.497. The second-order valence-corrected chi connectivity index (χ2v) is 4.71. The first-order valence-electron chi connectivity index (χ1n) is 5.07. The lowest BCUT2D eigenvalue weighted by Crippen LogP contribution is -2.20. The van der Waals surface area contributed by atoms with Crippen LogP contribution in [-0.2, 0) is 11.2 Å². The van der Waals surface area contributed by atoms with Crippen molar-refractivity contribution in [1.29, 1.82) is 0 Å². The van der Waals surface area contributed by atoms with Gasteiger partial charge in [0.15, 0.2) is 5.13 Å². The van der Waals surface area contributed by atoms with Gasteiger partial charge in [0.1, 0.15) is 0 Å². The topological polar surface area (TPSA) is 85.7 Å². The number of rotatable bonds is 3. The van der Waals surface area contributed by atoms with E-state index in [4.69, 9.17) is 5.21 Å². The summed E-state index contributed by atoms with van der Waals surface area (Å²) in [6.07, 6.45) is 2.22.